The summed E-state index contributed by atoms with van der Waals surface area (Å²) in [5.74, 6) is 0.867. The fraction of sp³-hybridized carbons (Fsp3) is 0.154. The summed E-state index contributed by atoms with van der Waals surface area (Å²) >= 11 is 0. The predicted molar refractivity (Wildman–Crippen MR) is 66.7 cm³/mol. The maximum atomic E-state index is 4.34. The summed E-state index contributed by atoms with van der Waals surface area (Å²) in [5, 5.41) is 6.33. The SMILES string of the molecule is CNCc1ccc(Nc2ccccc2)nc1. The third-order valence-electron chi connectivity index (χ3n) is 2.25. The second-order valence-corrected chi connectivity index (χ2v) is 3.57. The van der Waals surface area contributed by atoms with Crippen molar-refractivity contribution in [2.45, 2.75) is 6.54 Å². The average molecular weight is 213 g/mol. The number of para-hydroxylation sites is 1. The smallest absolute Gasteiger partial charge is 0.130 e. The minimum atomic E-state index is 0.846. The quantitative estimate of drug-likeness (QED) is 0.819. The Morgan fingerprint density at radius 2 is 1.88 bits per heavy atom. The van der Waals surface area contributed by atoms with Crippen LogP contribution in [0.2, 0.25) is 0 Å². The monoisotopic (exact) mass is 213 g/mol. The van der Waals surface area contributed by atoms with Crippen LogP contribution in [-0.2, 0) is 6.54 Å². The largest absolute Gasteiger partial charge is 0.340 e. The second-order valence-electron chi connectivity index (χ2n) is 3.57. The van der Waals surface area contributed by atoms with Crippen molar-refractivity contribution in [1.29, 1.82) is 0 Å². The molecule has 3 nitrogen and oxygen atoms in total. The van der Waals surface area contributed by atoms with E-state index in [-0.39, 0.29) is 0 Å². The number of nitrogens with zero attached hydrogens (tertiary/aromatic N) is 1. The number of aromatic nitrogens is 1. The summed E-state index contributed by atoms with van der Waals surface area (Å²) in [4.78, 5) is 4.34. The summed E-state index contributed by atoms with van der Waals surface area (Å²) < 4.78 is 0. The van der Waals surface area contributed by atoms with Crippen molar-refractivity contribution >= 4 is 11.5 Å². The van der Waals surface area contributed by atoms with Gasteiger partial charge in [-0.2, -0.15) is 0 Å². The van der Waals surface area contributed by atoms with Crippen LogP contribution in [0, 0.1) is 0 Å². The Morgan fingerprint density at radius 1 is 1.06 bits per heavy atom. The molecule has 1 heterocycles. The third-order valence-corrected chi connectivity index (χ3v) is 2.25. The minimum Gasteiger partial charge on any atom is -0.340 e. The molecule has 0 fully saturated rings. The first kappa shape index (κ1) is 10.6. The van der Waals surface area contributed by atoms with E-state index < -0.39 is 0 Å². The fourth-order valence-corrected chi connectivity index (χ4v) is 1.48. The zero-order valence-corrected chi connectivity index (χ0v) is 9.27. The normalized spacial score (nSPS) is 10.1. The van der Waals surface area contributed by atoms with Gasteiger partial charge < -0.3 is 10.6 Å². The first-order chi connectivity index (χ1) is 7.88. The molecule has 2 aromatic rings. The maximum absolute atomic E-state index is 4.34. The molecule has 3 heteroatoms. The molecule has 0 atom stereocenters. The number of hydrogen-bond acceptors (Lipinski definition) is 3. The zero-order chi connectivity index (χ0) is 11.2. The van der Waals surface area contributed by atoms with E-state index in [0.29, 0.717) is 0 Å². The van der Waals surface area contributed by atoms with Crippen LogP contribution in [0.1, 0.15) is 5.56 Å². The van der Waals surface area contributed by atoms with Crippen LogP contribution in [0.3, 0.4) is 0 Å². The van der Waals surface area contributed by atoms with Gasteiger partial charge in [-0.3, -0.25) is 0 Å². The van der Waals surface area contributed by atoms with Crippen LogP contribution in [0.15, 0.2) is 48.7 Å². The van der Waals surface area contributed by atoms with Gasteiger partial charge in [0.2, 0.25) is 0 Å². The van der Waals surface area contributed by atoms with Crippen molar-refractivity contribution in [2.24, 2.45) is 0 Å². The highest BCUT2D eigenvalue weighted by Gasteiger charge is 1.95. The number of rotatable bonds is 4. The number of nitrogens with one attached hydrogen (secondary N) is 2. The van der Waals surface area contributed by atoms with Crippen LogP contribution in [0.5, 0.6) is 0 Å². The molecule has 1 aromatic carbocycles. The van der Waals surface area contributed by atoms with Gasteiger partial charge in [0, 0.05) is 18.4 Å². The molecule has 0 radical (unpaired) electrons. The van der Waals surface area contributed by atoms with Gasteiger partial charge in [0.15, 0.2) is 0 Å². The lowest BCUT2D eigenvalue weighted by Gasteiger charge is -2.06. The molecule has 2 N–H and O–H groups in total. The van der Waals surface area contributed by atoms with E-state index in [0.717, 1.165) is 18.1 Å². The Balaban J connectivity index is 2.05. The Hall–Kier alpha value is -1.87. The number of pyridine rings is 1. The van der Waals surface area contributed by atoms with Gasteiger partial charge in [-0.25, -0.2) is 4.98 Å². The van der Waals surface area contributed by atoms with Gasteiger partial charge in [-0.05, 0) is 30.8 Å². The molecule has 0 saturated heterocycles. The molecule has 2 rings (SSSR count). The fourth-order valence-electron chi connectivity index (χ4n) is 1.48. The number of benzene rings is 1. The van der Waals surface area contributed by atoms with Gasteiger partial charge in [-0.15, -0.1) is 0 Å². The lowest BCUT2D eigenvalue weighted by Crippen LogP contribution is -2.05. The van der Waals surface area contributed by atoms with Gasteiger partial charge in [0.25, 0.3) is 0 Å². The van der Waals surface area contributed by atoms with Gasteiger partial charge >= 0.3 is 0 Å². The van der Waals surface area contributed by atoms with Gasteiger partial charge in [0.05, 0.1) is 0 Å². The van der Waals surface area contributed by atoms with E-state index in [2.05, 4.69) is 21.7 Å². The molecule has 0 amide bonds. The summed E-state index contributed by atoms with van der Waals surface area (Å²) in [6.07, 6.45) is 1.88. The first-order valence-corrected chi connectivity index (χ1v) is 5.30. The zero-order valence-electron chi connectivity index (χ0n) is 9.27. The molecule has 0 unspecified atom stereocenters. The molecule has 0 spiro atoms. The highest BCUT2D eigenvalue weighted by atomic mass is 15.0. The highest BCUT2D eigenvalue weighted by molar-refractivity contribution is 5.55. The highest BCUT2D eigenvalue weighted by Crippen LogP contribution is 2.13. The first-order valence-electron chi connectivity index (χ1n) is 5.30. The maximum Gasteiger partial charge on any atom is 0.130 e. The third kappa shape index (κ3) is 2.81. The molecule has 0 aliphatic carbocycles. The molecular formula is C13H15N3. The standard InChI is InChI=1S/C13H15N3/c1-14-9-11-7-8-13(15-10-11)16-12-5-3-2-4-6-12/h2-8,10,14H,9H2,1H3,(H,15,16). The van der Waals surface area contributed by atoms with Crippen molar-refractivity contribution in [3.63, 3.8) is 0 Å². The van der Waals surface area contributed by atoms with E-state index >= 15 is 0 Å². The molecular weight excluding hydrogens is 198 g/mol. The van der Waals surface area contributed by atoms with E-state index in [1.807, 2.05) is 49.6 Å². The van der Waals surface area contributed by atoms with Crippen molar-refractivity contribution in [2.75, 3.05) is 12.4 Å². The van der Waals surface area contributed by atoms with Crippen LogP contribution in [-0.4, -0.2) is 12.0 Å². The molecule has 0 aliphatic heterocycles. The summed E-state index contributed by atoms with van der Waals surface area (Å²) in [5.41, 5.74) is 2.23. The average Bonchev–Trinajstić information content (AvgIpc) is 2.33. The van der Waals surface area contributed by atoms with E-state index in [4.69, 9.17) is 0 Å². The van der Waals surface area contributed by atoms with E-state index in [1.165, 1.54) is 5.56 Å². The van der Waals surface area contributed by atoms with Crippen molar-refractivity contribution < 1.29 is 0 Å². The molecule has 0 bridgehead atoms. The topological polar surface area (TPSA) is 37.0 Å². The molecule has 16 heavy (non-hydrogen) atoms. The molecule has 1 aromatic heterocycles. The lowest BCUT2D eigenvalue weighted by atomic mass is 10.2. The molecule has 82 valence electrons. The number of hydrogen-bond donors (Lipinski definition) is 2. The van der Waals surface area contributed by atoms with Crippen LogP contribution in [0.25, 0.3) is 0 Å². The minimum absolute atomic E-state index is 0.846. The summed E-state index contributed by atoms with van der Waals surface area (Å²) in [6, 6.07) is 14.1. The Kier molecular flexibility index (Phi) is 3.51. The van der Waals surface area contributed by atoms with E-state index in [1.54, 1.807) is 0 Å². The van der Waals surface area contributed by atoms with Crippen LogP contribution >= 0.6 is 0 Å². The van der Waals surface area contributed by atoms with Crippen molar-refractivity contribution in [1.82, 2.24) is 10.3 Å². The Morgan fingerprint density at radius 3 is 2.50 bits per heavy atom. The van der Waals surface area contributed by atoms with E-state index in [9.17, 15) is 0 Å². The Bertz CT molecular complexity index is 423. The summed E-state index contributed by atoms with van der Waals surface area (Å²) in [6.45, 7) is 0.846. The Labute approximate surface area is 95.5 Å². The van der Waals surface area contributed by atoms with Crippen molar-refractivity contribution in [3.8, 4) is 0 Å². The van der Waals surface area contributed by atoms with Crippen molar-refractivity contribution in [3.05, 3.63) is 54.2 Å². The summed E-state index contributed by atoms with van der Waals surface area (Å²) in [7, 11) is 1.93. The second kappa shape index (κ2) is 5.28. The predicted octanol–water partition coefficient (Wildman–Crippen LogP) is 2.54. The molecule has 0 saturated carbocycles. The van der Waals surface area contributed by atoms with Crippen LogP contribution in [0.4, 0.5) is 11.5 Å². The number of anilines is 2. The van der Waals surface area contributed by atoms with Gasteiger partial charge in [-0.1, -0.05) is 24.3 Å². The van der Waals surface area contributed by atoms with Gasteiger partial charge in [0.1, 0.15) is 5.82 Å². The lowest BCUT2D eigenvalue weighted by molar-refractivity contribution is 0.813. The van der Waals surface area contributed by atoms with Crippen LogP contribution < -0.4 is 10.6 Å². The molecule has 0 aliphatic rings.